The Hall–Kier alpha value is -1.50. The van der Waals surface area contributed by atoms with E-state index >= 15 is 0 Å². The van der Waals surface area contributed by atoms with Crippen LogP contribution in [0, 0.1) is 18.3 Å². The minimum absolute atomic E-state index is 0.173. The van der Waals surface area contributed by atoms with Crippen molar-refractivity contribution in [2.45, 2.75) is 19.9 Å². The number of nitrogens with one attached hydrogen (secondary N) is 1. The molecule has 0 fully saturated rings. The lowest BCUT2D eigenvalue weighted by molar-refractivity contribution is 0.756. The Kier molecular flexibility index (Phi) is 2.34. The van der Waals surface area contributed by atoms with E-state index in [2.05, 4.69) is 16.5 Å². The molecule has 0 amide bonds. The van der Waals surface area contributed by atoms with Gasteiger partial charge in [-0.3, -0.25) is 4.68 Å². The van der Waals surface area contributed by atoms with Crippen LogP contribution >= 0.6 is 0 Å². The van der Waals surface area contributed by atoms with Crippen LogP contribution in [0.15, 0.2) is 6.20 Å². The van der Waals surface area contributed by atoms with E-state index in [1.807, 2.05) is 27.1 Å². The van der Waals surface area contributed by atoms with Crippen molar-refractivity contribution in [2.75, 3.05) is 5.32 Å². The number of hydrogen-bond donors (Lipinski definition) is 1. The molecule has 0 bridgehead atoms. The van der Waals surface area contributed by atoms with Crippen LogP contribution in [0.3, 0.4) is 0 Å². The summed E-state index contributed by atoms with van der Waals surface area (Å²) in [6.07, 6.45) is 1.86. The molecule has 1 atom stereocenters. The Balaban J connectivity index is 2.76. The second-order valence-electron chi connectivity index (χ2n) is 2.80. The van der Waals surface area contributed by atoms with E-state index in [0.717, 1.165) is 11.4 Å². The number of aryl methyl sites for hydroxylation is 2. The Morgan fingerprint density at radius 2 is 2.42 bits per heavy atom. The molecule has 4 nitrogen and oxygen atoms in total. The minimum atomic E-state index is -0.173. The Morgan fingerprint density at radius 1 is 1.75 bits per heavy atom. The van der Waals surface area contributed by atoms with E-state index in [-0.39, 0.29) is 6.04 Å². The third kappa shape index (κ3) is 1.76. The second-order valence-corrected chi connectivity index (χ2v) is 2.80. The fraction of sp³-hybridized carbons (Fsp3) is 0.500. The summed E-state index contributed by atoms with van der Waals surface area (Å²) in [5.41, 5.74) is 1.84. The van der Waals surface area contributed by atoms with Gasteiger partial charge in [-0.2, -0.15) is 10.4 Å². The van der Waals surface area contributed by atoms with Crippen molar-refractivity contribution in [1.29, 1.82) is 5.26 Å². The van der Waals surface area contributed by atoms with Crippen molar-refractivity contribution in [3.63, 3.8) is 0 Å². The van der Waals surface area contributed by atoms with Crippen LogP contribution in [0.2, 0.25) is 0 Å². The first kappa shape index (κ1) is 8.60. The second kappa shape index (κ2) is 3.26. The first-order valence-electron chi connectivity index (χ1n) is 3.80. The molecule has 0 radical (unpaired) electrons. The number of rotatable bonds is 2. The monoisotopic (exact) mass is 164 g/mol. The van der Waals surface area contributed by atoms with Crippen LogP contribution in [0.1, 0.15) is 12.6 Å². The maximum atomic E-state index is 8.55. The summed E-state index contributed by atoms with van der Waals surface area (Å²) >= 11 is 0. The predicted octanol–water partition coefficient (Wildman–Crippen LogP) is 1.05. The van der Waals surface area contributed by atoms with E-state index in [4.69, 9.17) is 5.26 Å². The summed E-state index contributed by atoms with van der Waals surface area (Å²) in [7, 11) is 1.86. The van der Waals surface area contributed by atoms with Gasteiger partial charge >= 0.3 is 0 Å². The SMILES string of the molecule is Cc1nn(C)cc1NC(C)C#N. The van der Waals surface area contributed by atoms with Gasteiger partial charge in [0, 0.05) is 13.2 Å². The topological polar surface area (TPSA) is 53.6 Å². The van der Waals surface area contributed by atoms with Crippen LogP contribution in [-0.2, 0) is 7.05 Å². The summed E-state index contributed by atoms with van der Waals surface area (Å²) in [5.74, 6) is 0. The summed E-state index contributed by atoms with van der Waals surface area (Å²) in [5, 5.41) is 15.7. The standard InChI is InChI=1S/C8H12N4/c1-6(4-9)10-8-5-12(3)11-7(8)2/h5-6,10H,1-3H3. The van der Waals surface area contributed by atoms with Gasteiger partial charge in [0.1, 0.15) is 6.04 Å². The largest absolute Gasteiger partial charge is 0.367 e. The van der Waals surface area contributed by atoms with E-state index in [1.165, 1.54) is 0 Å². The molecule has 0 aliphatic heterocycles. The summed E-state index contributed by atoms with van der Waals surface area (Å²) < 4.78 is 1.72. The molecule has 0 spiro atoms. The molecule has 1 N–H and O–H groups in total. The van der Waals surface area contributed by atoms with Crippen molar-refractivity contribution in [3.05, 3.63) is 11.9 Å². The van der Waals surface area contributed by atoms with Crippen molar-refractivity contribution < 1.29 is 0 Å². The highest BCUT2D eigenvalue weighted by Gasteiger charge is 2.04. The maximum Gasteiger partial charge on any atom is 0.111 e. The lowest BCUT2D eigenvalue weighted by atomic mass is 10.3. The zero-order valence-electron chi connectivity index (χ0n) is 7.50. The van der Waals surface area contributed by atoms with Gasteiger partial charge in [0.25, 0.3) is 0 Å². The zero-order chi connectivity index (χ0) is 9.14. The minimum Gasteiger partial charge on any atom is -0.367 e. The molecule has 4 heteroatoms. The van der Waals surface area contributed by atoms with Gasteiger partial charge in [-0.25, -0.2) is 0 Å². The lowest BCUT2D eigenvalue weighted by Gasteiger charge is -2.04. The van der Waals surface area contributed by atoms with Crippen molar-refractivity contribution >= 4 is 5.69 Å². The van der Waals surface area contributed by atoms with Gasteiger partial charge in [-0.15, -0.1) is 0 Å². The zero-order valence-corrected chi connectivity index (χ0v) is 7.50. The van der Waals surface area contributed by atoms with Crippen LogP contribution in [0.4, 0.5) is 5.69 Å². The number of anilines is 1. The maximum absolute atomic E-state index is 8.55. The van der Waals surface area contributed by atoms with Crippen LogP contribution < -0.4 is 5.32 Å². The van der Waals surface area contributed by atoms with Crippen LogP contribution in [0.25, 0.3) is 0 Å². The highest BCUT2D eigenvalue weighted by Crippen LogP contribution is 2.11. The summed E-state index contributed by atoms with van der Waals surface area (Å²) in [6.45, 7) is 3.72. The Labute approximate surface area is 71.8 Å². The highest BCUT2D eigenvalue weighted by atomic mass is 15.3. The molecule has 1 aromatic heterocycles. The molecular weight excluding hydrogens is 152 g/mol. The molecule has 0 aliphatic rings. The van der Waals surface area contributed by atoms with Crippen molar-refractivity contribution in [2.24, 2.45) is 7.05 Å². The van der Waals surface area contributed by atoms with E-state index in [1.54, 1.807) is 4.68 Å². The quantitative estimate of drug-likeness (QED) is 0.710. The molecule has 12 heavy (non-hydrogen) atoms. The van der Waals surface area contributed by atoms with Crippen molar-refractivity contribution in [3.8, 4) is 6.07 Å². The third-order valence-corrected chi connectivity index (χ3v) is 1.58. The van der Waals surface area contributed by atoms with E-state index < -0.39 is 0 Å². The molecule has 0 saturated carbocycles. The smallest absolute Gasteiger partial charge is 0.111 e. The number of nitrogens with zero attached hydrogens (tertiary/aromatic N) is 3. The average molecular weight is 164 g/mol. The molecule has 1 aromatic rings. The first-order valence-corrected chi connectivity index (χ1v) is 3.80. The van der Waals surface area contributed by atoms with Gasteiger partial charge in [0.05, 0.1) is 17.5 Å². The van der Waals surface area contributed by atoms with Crippen LogP contribution in [-0.4, -0.2) is 15.8 Å². The summed E-state index contributed by atoms with van der Waals surface area (Å²) in [6, 6.07) is 1.93. The molecule has 0 aliphatic carbocycles. The number of nitriles is 1. The molecule has 1 unspecified atom stereocenters. The van der Waals surface area contributed by atoms with Gasteiger partial charge < -0.3 is 5.32 Å². The van der Waals surface area contributed by atoms with Gasteiger partial charge in [0.15, 0.2) is 0 Å². The fourth-order valence-corrected chi connectivity index (χ4v) is 1.01. The number of aromatic nitrogens is 2. The molecule has 1 rings (SSSR count). The van der Waals surface area contributed by atoms with Gasteiger partial charge in [-0.05, 0) is 13.8 Å². The Morgan fingerprint density at radius 3 is 2.83 bits per heavy atom. The first-order chi connectivity index (χ1) is 5.63. The normalized spacial score (nSPS) is 12.2. The van der Waals surface area contributed by atoms with Crippen LogP contribution in [0.5, 0.6) is 0 Å². The molecule has 0 aromatic carbocycles. The molecule has 1 heterocycles. The number of hydrogen-bond acceptors (Lipinski definition) is 3. The van der Waals surface area contributed by atoms with E-state index in [0.29, 0.717) is 0 Å². The predicted molar refractivity (Wildman–Crippen MR) is 46.6 cm³/mol. The summed E-state index contributed by atoms with van der Waals surface area (Å²) in [4.78, 5) is 0. The Bertz CT molecular complexity index is 307. The van der Waals surface area contributed by atoms with Gasteiger partial charge in [0.2, 0.25) is 0 Å². The highest BCUT2D eigenvalue weighted by molar-refractivity contribution is 5.47. The average Bonchev–Trinajstić information content (AvgIpc) is 2.30. The van der Waals surface area contributed by atoms with Gasteiger partial charge in [-0.1, -0.05) is 0 Å². The lowest BCUT2D eigenvalue weighted by Crippen LogP contribution is -2.11. The molecule has 0 saturated heterocycles. The third-order valence-electron chi connectivity index (χ3n) is 1.58. The van der Waals surface area contributed by atoms with Crippen molar-refractivity contribution in [1.82, 2.24) is 9.78 Å². The molecular formula is C8H12N4. The fourth-order valence-electron chi connectivity index (χ4n) is 1.01. The van der Waals surface area contributed by atoms with E-state index in [9.17, 15) is 0 Å². The molecule has 64 valence electrons.